The van der Waals surface area contributed by atoms with E-state index in [9.17, 15) is 59.6 Å². The molecule has 0 aromatic rings. The fourth-order valence-electron chi connectivity index (χ4n) is 8.15. The average Bonchev–Trinajstić information content (AvgIpc) is 3.26. The highest BCUT2D eigenvalue weighted by molar-refractivity contribution is 7.47. The summed E-state index contributed by atoms with van der Waals surface area (Å²) in [5, 5.41) is 78.6. The molecule has 1 unspecified atom stereocenters. The molecular weight excluding hydrogens is 851 g/mol. The minimum atomic E-state index is -5.45. The van der Waals surface area contributed by atoms with Crippen molar-refractivity contribution in [2.45, 2.75) is 229 Å². The van der Waals surface area contributed by atoms with Gasteiger partial charge in [-0.25, -0.2) is 4.57 Å². The SMILES string of the molecule is CCCCCCCC/C=C\CCCCCCCC(=O)O[C@@H]1COC(=O)CCCCCC[C@@H]2[C@@H](O)[C@H](O)[C@@H](O)[C@H](OP(=O)(O)OC1)[C@H](O)[C@H](O)[C@@H](/C=C/[C@@H](O)CCCCC)C(=O)C[C@@H]2O. The lowest BCUT2D eigenvalue weighted by Crippen LogP contribution is -2.55. The number of cyclic esters (lactones) is 1. The molecule has 0 aromatic heterocycles. The van der Waals surface area contributed by atoms with Crippen LogP contribution in [0.25, 0.3) is 0 Å². The van der Waals surface area contributed by atoms with Crippen LogP contribution in [0.3, 0.4) is 0 Å². The van der Waals surface area contributed by atoms with Crippen LogP contribution in [0.2, 0.25) is 0 Å². The van der Waals surface area contributed by atoms with Gasteiger partial charge in [0.1, 0.15) is 36.8 Å². The fourth-order valence-corrected chi connectivity index (χ4v) is 9.12. The van der Waals surface area contributed by atoms with Gasteiger partial charge in [0.15, 0.2) is 6.10 Å². The van der Waals surface area contributed by atoms with Crippen LogP contribution in [0.15, 0.2) is 24.3 Å². The molecule has 17 heteroatoms. The Kier molecular flexibility index (Phi) is 30.3. The number of aliphatic hydroxyl groups excluding tert-OH is 7. The van der Waals surface area contributed by atoms with E-state index in [-0.39, 0.29) is 19.3 Å². The van der Waals surface area contributed by atoms with Gasteiger partial charge in [0.25, 0.3) is 0 Å². The van der Waals surface area contributed by atoms with Crippen LogP contribution < -0.4 is 0 Å². The summed E-state index contributed by atoms with van der Waals surface area (Å²) >= 11 is 0. The number of esters is 2. The van der Waals surface area contributed by atoms with Gasteiger partial charge in [-0.05, 0) is 51.4 Å². The summed E-state index contributed by atoms with van der Waals surface area (Å²) in [4.78, 5) is 50.2. The molecule has 0 spiro atoms. The normalized spacial score (nSPS) is 31.6. The van der Waals surface area contributed by atoms with E-state index < -0.39 is 112 Å². The third-order valence-corrected chi connectivity index (χ3v) is 13.2. The van der Waals surface area contributed by atoms with Gasteiger partial charge in [-0.3, -0.25) is 23.4 Å². The largest absolute Gasteiger partial charge is 0.472 e. The lowest BCUT2D eigenvalue weighted by molar-refractivity contribution is -0.167. The van der Waals surface area contributed by atoms with Crippen LogP contribution in [0, 0.1) is 11.8 Å². The van der Waals surface area contributed by atoms with E-state index in [0.29, 0.717) is 44.9 Å². The number of hydrogen-bond donors (Lipinski definition) is 8. The van der Waals surface area contributed by atoms with Crippen molar-refractivity contribution in [2.24, 2.45) is 11.8 Å². The Labute approximate surface area is 381 Å². The minimum absolute atomic E-state index is 0.00374. The van der Waals surface area contributed by atoms with E-state index in [0.717, 1.165) is 57.4 Å². The van der Waals surface area contributed by atoms with Gasteiger partial charge in [-0.15, -0.1) is 0 Å². The van der Waals surface area contributed by atoms with Crippen molar-refractivity contribution in [2.75, 3.05) is 13.2 Å². The summed E-state index contributed by atoms with van der Waals surface area (Å²) < 4.78 is 34.7. The summed E-state index contributed by atoms with van der Waals surface area (Å²) in [6.07, 6.45) is 7.13. The quantitative estimate of drug-likeness (QED) is 0.0260. The Morgan fingerprint density at radius 1 is 0.750 bits per heavy atom. The van der Waals surface area contributed by atoms with Crippen molar-refractivity contribution >= 4 is 25.5 Å². The zero-order valence-corrected chi connectivity index (χ0v) is 39.4. The van der Waals surface area contributed by atoms with E-state index in [1.54, 1.807) is 0 Å². The van der Waals surface area contributed by atoms with Crippen LogP contribution >= 0.6 is 7.82 Å². The molecule has 2 bridgehead atoms. The first kappa shape index (κ1) is 58.0. The molecule has 1 heterocycles. The summed E-state index contributed by atoms with van der Waals surface area (Å²) in [6.45, 7) is 2.81. The second-order valence-corrected chi connectivity index (χ2v) is 19.2. The maximum absolute atomic E-state index is 13.7. The first-order valence-corrected chi connectivity index (χ1v) is 25.7. The molecule has 372 valence electrons. The zero-order chi connectivity index (χ0) is 47.3. The zero-order valence-electron chi connectivity index (χ0n) is 38.5. The molecule has 2 rings (SSSR count). The van der Waals surface area contributed by atoms with Crippen LogP contribution in [0.1, 0.15) is 174 Å². The number of ketones is 1. The number of carbonyl (C=O) groups excluding carboxylic acids is 3. The highest BCUT2D eigenvalue weighted by Gasteiger charge is 2.49. The highest BCUT2D eigenvalue weighted by Crippen LogP contribution is 2.47. The number of allylic oxidation sites excluding steroid dienone is 2. The van der Waals surface area contributed by atoms with Crippen molar-refractivity contribution < 1.29 is 78.1 Å². The predicted molar refractivity (Wildman–Crippen MR) is 241 cm³/mol. The van der Waals surface area contributed by atoms with E-state index in [1.807, 2.05) is 6.92 Å². The van der Waals surface area contributed by atoms with Crippen molar-refractivity contribution in [3.8, 4) is 0 Å². The summed E-state index contributed by atoms with van der Waals surface area (Å²) in [7, 11) is -5.45. The van der Waals surface area contributed by atoms with Gasteiger partial charge in [-0.2, -0.15) is 0 Å². The fraction of sp³-hybridized carbons (Fsp3) is 0.851. The molecule has 2 aliphatic rings. The van der Waals surface area contributed by atoms with E-state index in [1.165, 1.54) is 44.6 Å². The molecule has 0 aromatic carbocycles. The number of fused-ring (bicyclic) bond motifs is 4. The Balaban J connectivity index is 2.19. The number of hydrogen-bond acceptors (Lipinski definition) is 15. The number of Topliss-reactive ketones (excluding diaryl/α,β-unsaturated/α-hetero) is 1. The van der Waals surface area contributed by atoms with Crippen LogP contribution in [-0.4, -0.2) is 127 Å². The lowest BCUT2D eigenvalue weighted by Gasteiger charge is -2.37. The number of rotatable bonds is 22. The Morgan fingerprint density at radius 2 is 1.34 bits per heavy atom. The first-order valence-electron chi connectivity index (χ1n) is 24.2. The summed E-state index contributed by atoms with van der Waals surface area (Å²) in [5.41, 5.74) is 0. The molecule has 2 fully saturated rings. The molecule has 1 saturated heterocycles. The maximum Gasteiger partial charge on any atom is 0.472 e. The second-order valence-electron chi connectivity index (χ2n) is 17.7. The second kappa shape index (κ2) is 33.4. The van der Waals surface area contributed by atoms with Gasteiger partial charge < -0.3 is 50.1 Å². The molecule has 8 N–H and O–H groups in total. The van der Waals surface area contributed by atoms with Gasteiger partial charge in [0.2, 0.25) is 0 Å². The van der Waals surface area contributed by atoms with Gasteiger partial charge in [-0.1, -0.05) is 128 Å². The molecule has 64 heavy (non-hydrogen) atoms. The van der Waals surface area contributed by atoms with E-state index in [2.05, 4.69) is 19.1 Å². The minimum Gasteiger partial charge on any atom is -0.462 e. The van der Waals surface area contributed by atoms with Gasteiger partial charge in [0.05, 0.1) is 36.9 Å². The number of phosphoric acid groups is 1. The monoisotopic (exact) mass is 935 g/mol. The third kappa shape index (κ3) is 23.6. The highest BCUT2D eigenvalue weighted by atomic mass is 31.2. The van der Waals surface area contributed by atoms with Crippen molar-refractivity contribution in [1.82, 2.24) is 0 Å². The standard InChI is InChI=1S/C47H83O16P/c1-3-5-7-8-9-10-11-12-13-14-15-16-17-18-24-28-41(52)62-35-32-60-40(51)27-23-20-19-22-26-36-38(49)31-39(50)37(30-29-34(48)25-21-6-4-2)43(54)45(56)47(46(57)44(55)42(36)53)63-64(58,59)61-33-35/h12-13,29-30,34-38,42-49,53-57H,3-11,14-28,31-33H2,1-2H3,(H,58,59)/b13-12-,30-29+/t34-,35+,36-,37-,38-,42+,43+,44-,45+,46+,47+/m0/s1. The molecule has 1 aliphatic carbocycles. The predicted octanol–water partition coefficient (Wildman–Crippen LogP) is 6.20. The lowest BCUT2D eigenvalue weighted by atomic mass is 9.82. The average molecular weight is 935 g/mol. The van der Waals surface area contributed by atoms with E-state index >= 15 is 0 Å². The summed E-state index contributed by atoms with van der Waals surface area (Å²) in [6, 6.07) is 0. The number of aliphatic hydroxyl groups is 7. The van der Waals surface area contributed by atoms with Crippen molar-refractivity contribution in [1.29, 1.82) is 0 Å². The first-order chi connectivity index (χ1) is 30.6. The number of ether oxygens (including phenoxy) is 2. The molecule has 16 nitrogen and oxygen atoms in total. The number of carbonyl (C=O) groups is 3. The molecular formula is C47H83O16P. The maximum atomic E-state index is 13.7. The van der Waals surface area contributed by atoms with E-state index in [4.69, 9.17) is 18.5 Å². The molecule has 0 amide bonds. The van der Waals surface area contributed by atoms with Crippen molar-refractivity contribution in [3.05, 3.63) is 24.3 Å². The number of phosphoric ester groups is 1. The van der Waals surface area contributed by atoms with Crippen LogP contribution in [0.5, 0.6) is 0 Å². The summed E-state index contributed by atoms with van der Waals surface area (Å²) in [5.74, 6) is -5.00. The Bertz CT molecular complexity index is 1390. The molecule has 1 saturated carbocycles. The Hall–Kier alpha value is -2.08. The third-order valence-electron chi connectivity index (χ3n) is 12.2. The molecule has 0 radical (unpaired) electrons. The molecule has 12 atom stereocenters. The van der Waals surface area contributed by atoms with Gasteiger partial charge in [0, 0.05) is 25.2 Å². The molecule has 1 aliphatic heterocycles. The number of unbranched alkanes of at least 4 members (excludes halogenated alkanes) is 13. The van der Waals surface area contributed by atoms with Crippen molar-refractivity contribution in [3.63, 3.8) is 0 Å². The Morgan fingerprint density at radius 3 is 2.02 bits per heavy atom. The smallest absolute Gasteiger partial charge is 0.462 e. The van der Waals surface area contributed by atoms with Crippen LogP contribution in [-0.2, 0) is 37.5 Å². The van der Waals surface area contributed by atoms with Crippen LogP contribution in [0.4, 0.5) is 0 Å². The topological polar surface area (TPSA) is 267 Å². The van der Waals surface area contributed by atoms with Gasteiger partial charge >= 0.3 is 19.8 Å².